The van der Waals surface area contributed by atoms with Crippen molar-refractivity contribution in [2.24, 2.45) is 5.92 Å². The van der Waals surface area contributed by atoms with Crippen molar-refractivity contribution >= 4 is 17.7 Å². The molecule has 2 heterocycles. The van der Waals surface area contributed by atoms with Gasteiger partial charge in [-0.3, -0.25) is 9.59 Å². The highest BCUT2D eigenvalue weighted by Crippen LogP contribution is 2.54. The third kappa shape index (κ3) is 3.08. The van der Waals surface area contributed by atoms with Crippen molar-refractivity contribution in [1.29, 1.82) is 0 Å². The van der Waals surface area contributed by atoms with E-state index in [0.29, 0.717) is 12.0 Å². The number of Topliss-reactive ketones (excluding diaryl/α,β-unsaturated/α-hetero) is 1. The van der Waals surface area contributed by atoms with Crippen molar-refractivity contribution in [3.05, 3.63) is 47.5 Å². The molecule has 2 saturated heterocycles. The lowest BCUT2D eigenvalue weighted by Gasteiger charge is -2.35. The summed E-state index contributed by atoms with van der Waals surface area (Å²) in [6.07, 6.45) is 2.10. The normalized spacial score (nSPS) is 31.0. The number of ether oxygens (including phenoxy) is 3. The monoisotopic (exact) mass is 372 g/mol. The van der Waals surface area contributed by atoms with Crippen LogP contribution in [0.2, 0.25) is 0 Å². The van der Waals surface area contributed by atoms with Crippen LogP contribution in [-0.2, 0) is 35.2 Å². The third-order valence-electron chi connectivity index (χ3n) is 5.29. The van der Waals surface area contributed by atoms with E-state index < -0.39 is 29.1 Å². The molecule has 0 radical (unpaired) electrons. The molecule has 0 saturated carbocycles. The van der Waals surface area contributed by atoms with Crippen LogP contribution in [-0.4, -0.2) is 35.5 Å². The molecule has 6 heteroatoms. The molecule has 2 bridgehead atoms. The maximum Gasteiger partial charge on any atom is 0.350 e. The average molecular weight is 372 g/mol. The summed E-state index contributed by atoms with van der Waals surface area (Å²) in [5.41, 5.74) is -1.65. The van der Waals surface area contributed by atoms with E-state index in [1.54, 1.807) is 26.8 Å². The van der Waals surface area contributed by atoms with Gasteiger partial charge in [0, 0.05) is 6.42 Å². The van der Waals surface area contributed by atoms with Crippen LogP contribution in [0, 0.1) is 5.92 Å². The summed E-state index contributed by atoms with van der Waals surface area (Å²) in [6, 6.07) is 9.33. The Labute approximate surface area is 158 Å². The van der Waals surface area contributed by atoms with E-state index in [9.17, 15) is 14.4 Å². The van der Waals surface area contributed by atoms with Gasteiger partial charge in [-0.2, -0.15) is 0 Å². The lowest BCUT2D eigenvalue weighted by molar-refractivity contribution is -0.191. The SMILES string of the molecule is C/C=C1\[C@H](C(=O)OCc2ccccc2)[C@]2(C)CCC(=O)[C@@]1(C(=O)OCC)O2. The quantitative estimate of drug-likeness (QED) is 0.449. The van der Waals surface area contributed by atoms with Crippen LogP contribution in [0.4, 0.5) is 0 Å². The van der Waals surface area contributed by atoms with E-state index in [0.717, 1.165) is 5.56 Å². The van der Waals surface area contributed by atoms with Gasteiger partial charge in [0.15, 0.2) is 5.78 Å². The van der Waals surface area contributed by atoms with Crippen molar-refractivity contribution in [3.8, 4) is 0 Å². The molecule has 2 fully saturated rings. The molecular formula is C21H24O6. The van der Waals surface area contributed by atoms with Crippen LogP contribution in [0.25, 0.3) is 0 Å². The number of rotatable bonds is 5. The summed E-state index contributed by atoms with van der Waals surface area (Å²) in [5, 5.41) is 0. The van der Waals surface area contributed by atoms with E-state index in [4.69, 9.17) is 14.2 Å². The number of esters is 2. The summed E-state index contributed by atoms with van der Waals surface area (Å²) in [5.74, 6) is -2.46. The summed E-state index contributed by atoms with van der Waals surface area (Å²) in [7, 11) is 0. The Hall–Kier alpha value is -2.47. The van der Waals surface area contributed by atoms with Crippen LogP contribution in [0.15, 0.2) is 42.0 Å². The van der Waals surface area contributed by atoms with Crippen LogP contribution in [0.3, 0.4) is 0 Å². The number of carbonyl (C=O) groups is 3. The average Bonchev–Trinajstić information content (AvgIpc) is 2.90. The first-order valence-electron chi connectivity index (χ1n) is 9.17. The van der Waals surface area contributed by atoms with Crippen LogP contribution >= 0.6 is 0 Å². The van der Waals surface area contributed by atoms with E-state index >= 15 is 0 Å². The molecule has 2 aliphatic heterocycles. The maximum atomic E-state index is 13.0. The van der Waals surface area contributed by atoms with E-state index in [-0.39, 0.29) is 25.4 Å². The number of ketones is 1. The molecule has 2 aliphatic rings. The highest BCUT2D eigenvalue weighted by atomic mass is 16.6. The number of allylic oxidation sites excluding steroid dienone is 1. The minimum atomic E-state index is -1.84. The third-order valence-corrected chi connectivity index (χ3v) is 5.29. The largest absolute Gasteiger partial charge is 0.463 e. The second-order valence-electron chi connectivity index (χ2n) is 7.01. The molecule has 6 nitrogen and oxygen atoms in total. The number of carbonyl (C=O) groups excluding carboxylic acids is 3. The fraction of sp³-hybridized carbons (Fsp3) is 0.476. The Morgan fingerprint density at radius 3 is 2.59 bits per heavy atom. The Morgan fingerprint density at radius 1 is 1.26 bits per heavy atom. The molecule has 0 aliphatic carbocycles. The molecule has 3 atom stereocenters. The molecule has 1 aromatic carbocycles. The van der Waals surface area contributed by atoms with Gasteiger partial charge in [0.25, 0.3) is 0 Å². The molecule has 144 valence electrons. The maximum absolute atomic E-state index is 13.0. The smallest absolute Gasteiger partial charge is 0.350 e. The number of hydrogen-bond donors (Lipinski definition) is 0. The fourth-order valence-corrected chi connectivity index (χ4v) is 4.02. The minimum Gasteiger partial charge on any atom is -0.463 e. The van der Waals surface area contributed by atoms with Gasteiger partial charge in [0.05, 0.1) is 12.2 Å². The molecule has 27 heavy (non-hydrogen) atoms. The van der Waals surface area contributed by atoms with E-state index in [1.165, 1.54) is 0 Å². The van der Waals surface area contributed by atoms with Crippen LogP contribution in [0.1, 0.15) is 39.2 Å². The predicted octanol–water partition coefficient (Wildman–Crippen LogP) is 2.75. The summed E-state index contributed by atoms with van der Waals surface area (Å²) >= 11 is 0. The second-order valence-corrected chi connectivity index (χ2v) is 7.01. The molecule has 1 aromatic rings. The first-order valence-corrected chi connectivity index (χ1v) is 9.17. The Kier molecular flexibility index (Phi) is 5.20. The van der Waals surface area contributed by atoms with Gasteiger partial charge < -0.3 is 14.2 Å². The van der Waals surface area contributed by atoms with Crippen molar-refractivity contribution < 1.29 is 28.6 Å². The molecule has 0 N–H and O–H groups in total. The summed E-state index contributed by atoms with van der Waals surface area (Å²) in [6.45, 7) is 5.33. The van der Waals surface area contributed by atoms with E-state index in [1.807, 2.05) is 30.3 Å². The highest BCUT2D eigenvalue weighted by Gasteiger charge is 2.69. The van der Waals surface area contributed by atoms with Crippen molar-refractivity contribution in [2.75, 3.05) is 6.61 Å². The zero-order chi connectivity index (χ0) is 19.7. The zero-order valence-corrected chi connectivity index (χ0v) is 15.8. The van der Waals surface area contributed by atoms with E-state index in [2.05, 4.69) is 0 Å². The molecular weight excluding hydrogens is 348 g/mol. The molecule has 3 rings (SSSR count). The van der Waals surface area contributed by atoms with Gasteiger partial charge >= 0.3 is 11.9 Å². The first-order chi connectivity index (χ1) is 12.9. The summed E-state index contributed by atoms with van der Waals surface area (Å²) < 4.78 is 16.6. The molecule has 0 spiro atoms. The topological polar surface area (TPSA) is 78.9 Å². The van der Waals surface area contributed by atoms with Crippen molar-refractivity contribution in [2.45, 2.75) is 51.4 Å². The lowest BCUT2D eigenvalue weighted by atomic mass is 9.81. The van der Waals surface area contributed by atoms with Gasteiger partial charge in [0.1, 0.15) is 12.5 Å². The Bertz CT molecular complexity index is 783. The highest BCUT2D eigenvalue weighted by molar-refractivity contribution is 6.13. The number of benzene rings is 1. The van der Waals surface area contributed by atoms with Crippen molar-refractivity contribution in [3.63, 3.8) is 0 Å². The molecule has 0 aromatic heterocycles. The van der Waals surface area contributed by atoms with Crippen molar-refractivity contribution in [1.82, 2.24) is 0 Å². The Balaban J connectivity index is 1.92. The minimum absolute atomic E-state index is 0.115. The number of fused-ring (bicyclic) bond motifs is 2. The van der Waals surface area contributed by atoms with Gasteiger partial charge in [-0.15, -0.1) is 0 Å². The standard InChI is InChI=1S/C21H24O6/c1-4-15-17(18(23)26-13-14-9-7-6-8-10-14)20(3)12-11-16(22)21(15,27-20)19(24)25-5-2/h4,6-10,17H,5,11-13H2,1-3H3/b15-4+/t17-,20+,21+/m1/s1. The first kappa shape index (κ1) is 19.3. The summed E-state index contributed by atoms with van der Waals surface area (Å²) in [4.78, 5) is 38.4. The van der Waals surface area contributed by atoms with Gasteiger partial charge in [-0.05, 0) is 38.3 Å². The molecule has 0 unspecified atom stereocenters. The van der Waals surface area contributed by atoms with Crippen LogP contribution < -0.4 is 0 Å². The predicted molar refractivity (Wildman–Crippen MR) is 96.6 cm³/mol. The molecule has 0 amide bonds. The second kappa shape index (κ2) is 7.27. The Morgan fingerprint density at radius 2 is 1.96 bits per heavy atom. The van der Waals surface area contributed by atoms with Gasteiger partial charge in [-0.25, -0.2) is 4.79 Å². The zero-order valence-electron chi connectivity index (χ0n) is 15.8. The van der Waals surface area contributed by atoms with Gasteiger partial charge in [0.2, 0.25) is 5.60 Å². The van der Waals surface area contributed by atoms with Gasteiger partial charge in [-0.1, -0.05) is 36.4 Å². The number of hydrogen-bond acceptors (Lipinski definition) is 6. The van der Waals surface area contributed by atoms with Crippen LogP contribution in [0.5, 0.6) is 0 Å². The fourth-order valence-electron chi connectivity index (χ4n) is 4.02. The lowest BCUT2D eigenvalue weighted by Crippen LogP contribution is -2.53.